The van der Waals surface area contributed by atoms with Crippen LogP contribution in [0.15, 0.2) is 63.5 Å². The van der Waals surface area contributed by atoms with Crippen molar-refractivity contribution in [2.24, 2.45) is 5.73 Å². The van der Waals surface area contributed by atoms with Crippen LogP contribution in [-0.2, 0) is 10.8 Å². The van der Waals surface area contributed by atoms with Crippen LogP contribution in [0.5, 0.6) is 0 Å². The molecule has 2 unspecified atom stereocenters. The van der Waals surface area contributed by atoms with Gasteiger partial charge in [0.25, 0.3) is 5.92 Å². The Hall–Kier alpha value is -3.74. The molecular weight excluding hydrogens is 687 g/mol. The highest BCUT2D eigenvalue weighted by Crippen LogP contribution is 2.51. The summed E-state index contributed by atoms with van der Waals surface area (Å²) < 4.78 is 40.5. The smallest absolute Gasteiger partial charge is 0.263 e. The summed E-state index contributed by atoms with van der Waals surface area (Å²) in [4.78, 5) is 4.65. The average Bonchev–Trinajstić information content (AvgIpc) is 4.09. The largest absolute Gasteiger partial charge is 0.424 e. The van der Waals surface area contributed by atoms with E-state index in [-0.39, 0.29) is 23.7 Å². The number of hydrogen-bond donors (Lipinski definition) is 4. The van der Waals surface area contributed by atoms with E-state index in [1.54, 1.807) is 0 Å². The summed E-state index contributed by atoms with van der Waals surface area (Å²) in [5.41, 5.74) is 9.46. The van der Waals surface area contributed by atoms with E-state index in [1.165, 1.54) is 23.2 Å². The molecule has 0 bridgehead atoms. The molecule has 10 nitrogen and oxygen atoms in total. The summed E-state index contributed by atoms with van der Waals surface area (Å²) >= 11 is 0. The molecule has 0 radical (unpaired) electrons. The first-order valence-corrected chi connectivity index (χ1v) is 20.5. The molecule has 2 aromatic carbocycles. The summed E-state index contributed by atoms with van der Waals surface area (Å²) in [6.07, 6.45) is 11.2. The van der Waals surface area contributed by atoms with Gasteiger partial charge in [0, 0.05) is 72.4 Å². The predicted molar refractivity (Wildman–Crippen MR) is 200 cm³/mol. The van der Waals surface area contributed by atoms with Crippen LogP contribution in [0, 0.1) is 0 Å². The molecule has 0 spiro atoms. The van der Waals surface area contributed by atoms with Gasteiger partial charge in [-0.3, -0.25) is 0 Å². The van der Waals surface area contributed by atoms with E-state index in [1.807, 2.05) is 0 Å². The number of nitrogens with zero attached hydrogens (tertiary/aromatic N) is 4. The third-order valence-electron chi connectivity index (χ3n) is 13.7. The van der Waals surface area contributed by atoms with Crippen molar-refractivity contribution in [1.82, 2.24) is 31.0 Å². The van der Waals surface area contributed by atoms with E-state index in [0.29, 0.717) is 54.0 Å². The number of nitrogens with two attached hydrogens (primary N) is 1. The molecule has 10 rings (SSSR count). The molecule has 4 aromatic rings. The summed E-state index contributed by atoms with van der Waals surface area (Å²) in [6, 6.07) is 20.0. The van der Waals surface area contributed by atoms with Crippen LogP contribution >= 0.6 is 0 Å². The summed E-state index contributed by atoms with van der Waals surface area (Å²) in [5.74, 6) is 0.746. The van der Waals surface area contributed by atoms with Gasteiger partial charge in [-0.25, -0.2) is 8.78 Å². The molecule has 6 aliphatic carbocycles. The van der Waals surface area contributed by atoms with E-state index < -0.39 is 17.9 Å². The summed E-state index contributed by atoms with van der Waals surface area (Å²) in [7, 11) is 0. The second kappa shape index (κ2) is 13.5. The molecule has 2 heterocycles. The fraction of sp³-hybridized carbons (Fsp3) is 0.619. The maximum atomic E-state index is 14.3. The molecule has 6 fully saturated rings. The second-order valence-corrected chi connectivity index (χ2v) is 17.7. The van der Waals surface area contributed by atoms with Gasteiger partial charge >= 0.3 is 0 Å². The van der Waals surface area contributed by atoms with E-state index in [0.717, 1.165) is 82.7 Å². The molecule has 5 N–H and O–H groups in total. The number of rotatable bonds is 14. The fourth-order valence-corrected chi connectivity index (χ4v) is 9.37. The van der Waals surface area contributed by atoms with Crippen molar-refractivity contribution < 1.29 is 17.7 Å². The first-order valence-electron chi connectivity index (χ1n) is 20.5. The summed E-state index contributed by atoms with van der Waals surface area (Å²) in [6.45, 7) is 1.69. The Bertz CT molecular complexity index is 1930. The van der Waals surface area contributed by atoms with Crippen molar-refractivity contribution in [2.45, 2.75) is 148 Å². The minimum Gasteiger partial charge on any atom is -0.424 e. The minimum atomic E-state index is -2.90. The number of anilines is 1. The van der Waals surface area contributed by atoms with Gasteiger partial charge in [-0.1, -0.05) is 47.6 Å². The average molecular weight is 739 g/mol. The first kappa shape index (κ1) is 34.7. The van der Waals surface area contributed by atoms with Gasteiger partial charge in [0.05, 0.1) is 11.5 Å². The van der Waals surface area contributed by atoms with Gasteiger partial charge in [0.2, 0.25) is 17.7 Å². The molecule has 6 aliphatic rings. The van der Waals surface area contributed by atoms with Crippen molar-refractivity contribution in [2.75, 3.05) is 18.4 Å². The minimum absolute atomic E-state index is 0.0153. The SMILES string of the molecule is NC1CCC(c2nc(C3(CN[C@@H]4C[C@H]4c4cccc(N[C@H]5CC[C@H](c6nnc(C7(CN[C@@H]8C[C@H]8c8ccccc8)CC7)o6)CC5)c4)CC3)no2)CC1(F)F. The van der Waals surface area contributed by atoms with Crippen LogP contribution in [0.4, 0.5) is 14.5 Å². The molecule has 2 aromatic heterocycles. The summed E-state index contributed by atoms with van der Waals surface area (Å²) in [5, 5.41) is 24.8. The number of alkyl halides is 2. The molecule has 12 heteroatoms. The molecule has 6 saturated carbocycles. The lowest BCUT2D eigenvalue weighted by atomic mass is 9.83. The molecule has 54 heavy (non-hydrogen) atoms. The fourth-order valence-electron chi connectivity index (χ4n) is 9.37. The molecule has 0 aliphatic heterocycles. The van der Waals surface area contributed by atoms with Crippen molar-refractivity contribution in [3.8, 4) is 0 Å². The Balaban J connectivity index is 0.677. The third kappa shape index (κ3) is 6.98. The Morgan fingerprint density at radius 3 is 2.15 bits per heavy atom. The van der Waals surface area contributed by atoms with Gasteiger partial charge in [0.1, 0.15) is 0 Å². The Kier molecular flexibility index (Phi) is 8.67. The molecular formula is C42H52F2N8O2. The maximum absolute atomic E-state index is 14.3. The molecule has 0 saturated heterocycles. The standard InChI is InChI=1S/C42H52F2N8O2/c43-42(44)22-28(11-14-35(42)45)36-49-38(52-54-36)40(15-16-40)23-46-34-21-32(34)27-7-4-8-30(19-27)48-29-12-9-26(10-13-29)37-50-51-39(53-37)41(17-18-41)24-47-33-20-31(33)25-5-2-1-3-6-25/h1-8,19,26,28-29,31-35,46-48H,9-18,20-24,45H2/t26-,28?,29-,31-,32-,33+,34+,35?/m0/s1. The first-order chi connectivity index (χ1) is 26.3. The van der Waals surface area contributed by atoms with Gasteiger partial charge < -0.3 is 30.6 Å². The van der Waals surface area contributed by atoms with E-state index in [9.17, 15) is 8.78 Å². The van der Waals surface area contributed by atoms with E-state index in [4.69, 9.17) is 14.7 Å². The zero-order chi connectivity index (χ0) is 36.5. The highest BCUT2D eigenvalue weighted by Gasteiger charge is 2.53. The number of halogens is 2. The number of benzene rings is 2. The van der Waals surface area contributed by atoms with Crippen LogP contribution < -0.4 is 21.7 Å². The van der Waals surface area contributed by atoms with Crippen LogP contribution in [-0.4, -0.2) is 63.5 Å². The number of hydrogen-bond acceptors (Lipinski definition) is 10. The number of aromatic nitrogens is 4. The van der Waals surface area contributed by atoms with Crippen LogP contribution in [0.1, 0.15) is 142 Å². The van der Waals surface area contributed by atoms with Crippen LogP contribution in [0.3, 0.4) is 0 Å². The topological polar surface area (TPSA) is 140 Å². The second-order valence-electron chi connectivity index (χ2n) is 17.7. The van der Waals surface area contributed by atoms with Gasteiger partial charge in [-0.2, -0.15) is 4.98 Å². The molecule has 6 atom stereocenters. The molecule has 286 valence electrons. The lowest BCUT2D eigenvalue weighted by Gasteiger charge is -2.32. The normalized spacial score (nSPS) is 32.9. The van der Waals surface area contributed by atoms with Gasteiger partial charge in [0.15, 0.2) is 5.82 Å². The monoisotopic (exact) mass is 738 g/mol. The molecule has 0 amide bonds. The zero-order valence-electron chi connectivity index (χ0n) is 30.9. The van der Waals surface area contributed by atoms with Crippen molar-refractivity contribution >= 4 is 5.69 Å². The van der Waals surface area contributed by atoms with Crippen LogP contribution in [0.2, 0.25) is 0 Å². The zero-order valence-corrected chi connectivity index (χ0v) is 30.9. The van der Waals surface area contributed by atoms with Crippen LogP contribution in [0.25, 0.3) is 0 Å². The maximum Gasteiger partial charge on any atom is 0.263 e. The highest BCUT2D eigenvalue weighted by atomic mass is 19.3. The predicted octanol–water partition coefficient (Wildman–Crippen LogP) is 7.18. The Labute approximate surface area is 315 Å². The highest BCUT2D eigenvalue weighted by molar-refractivity contribution is 5.49. The lowest BCUT2D eigenvalue weighted by Crippen LogP contribution is -2.45. The van der Waals surface area contributed by atoms with Gasteiger partial charge in [-0.05, 0) is 100 Å². The Morgan fingerprint density at radius 1 is 0.741 bits per heavy atom. The third-order valence-corrected chi connectivity index (χ3v) is 13.7. The van der Waals surface area contributed by atoms with E-state index >= 15 is 0 Å². The Morgan fingerprint density at radius 2 is 1.43 bits per heavy atom. The van der Waals surface area contributed by atoms with Crippen molar-refractivity contribution in [1.29, 1.82) is 0 Å². The van der Waals surface area contributed by atoms with Crippen molar-refractivity contribution in [3.63, 3.8) is 0 Å². The van der Waals surface area contributed by atoms with Gasteiger partial charge in [-0.15, -0.1) is 10.2 Å². The van der Waals surface area contributed by atoms with Crippen molar-refractivity contribution in [3.05, 3.63) is 89.2 Å². The lowest BCUT2D eigenvalue weighted by molar-refractivity contribution is -0.0612. The van der Waals surface area contributed by atoms with E-state index in [2.05, 4.69) is 90.9 Å². The quantitative estimate of drug-likeness (QED) is 0.105. The number of nitrogens with one attached hydrogen (secondary N) is 3.